The molecule has 3 heterocycles. The van der Waals surface area contributed by atoms with Gasteiger partial charge in [0.15, 0.2) is 0 Å². The summed E-state index contributed by atoms with van der Waals surface area (Å²) in [5, 5.41) is 2.84. The van der Waals surface area contributed by atoms with Crippen molar-refractivity contribution in [2.75, 3.05) is 16.8 Å². The Morgan fingerprint density at radius 2 is 1.67 bits per heavy atom. The number of hydrogen-bond acceptors (Lipinski definition) is 4. The molecule has 1 atom stereocenters. The Balaban J connectivity index is 1.26. The van der Waals surface area contributed by atoms with Gasteiger partial charge in [-0.05, 0) is 43.2 Å². The molecule has 0 unspecified atom stereocenters. The first kappa shape index (κ1) is 20.9. The molecule has 0 spiro atoms. The van der Waals surface area contributed by atoms with E-state index in [0.29, 0.717) is 41.9 Å². The number of rotatable bonds is 7. The molecule has 3 aromatic rings. The van der Waals surface area contributed by atoms with Crippen LogP contribution in [0, 0.1) is 0 Å². The van der Waals surface area contributed by atoms with Gasteiger partial charge in [0.25, 0.3) is 11.8 Å². The van der Waals surface area contributed by atoms with E-state index >= 15 is 0 Å². The smallest absolute Gasteiger partial charge is 0.260 e. The zero-order chi connectivity index (χ0) is 22.8. The standard InChI is InChI=1S/C26H24N4O3/c31-23(28-18-9-8-15-27-17-18)14-2-1-7-16-29-24-19-10-3-4-11-20(19)26(33)30(24)22-13-6-5-12-21(22)25(29)32/h3-6,8-13,15,17,24H,1-2,7,14,16H2,(H,28,31)/t24-/m0/s1. The summed E-state index contributed by atoms with van der Waals surface area (Å²) >= 11 is 0. The lowest BCUT2D eigenvalue weighted by molar-refractivity contribution is -0.116. The maximum atomic E-state index is 13.4. The van der Waals surface area contributed by atoms with E-state index in [1.54, 1.807) is 40.4 Å². The molecule has 0 fully saturated rings. The molecular weight excluding hydrogens is 416 g/mol. The van der Waals surface area contributed by atoms with Gasteiger partial charge >= 0.3 is 0 Å². The van der Waals surface area contributed by atoms with E-state index < -0.39 is 6.17 Å². The van der Waals surface area contributed by atoms with Crippen molar-refractivity contribution >= 4 is 29.1 Å². The highest BCUT2D eigenvalue weighted by atomic mass is 16.2. The fourth-order valence-electron chi connectivity index (χ4n) is 4.60. The fourth-order valence-corrected chi connectivity index (χ4v) is 4.60. The molecule has 2 aromatic carbocycles. The highest BCUT2D eigenvalue weighted by Gasteiger charge is 2.47. The molecule has 3 amide bonds. The number of nitrogens with zero attached hydrogens (tertiary/aromatic N) is 3. The van der Waals surface area contributed by atoms with Gasteiger partial charge in [0.05, 0.1) is 23.1 Å². The van der Waals surface area contributed by atoms with E-state index in [2.05, 4.69) is 10.3 Å². The monoisotopic (exact) mass is 440 g/mol. The van der Waals surface area contributed by atoms with E-state index in [-0.39, 0.29) is 17.7 Å². The van der Waals surface area contributed by atoms with E-state index in [9.17, 15) is 14.4 Å². The molecule has 2 aliphatic heterocycles. The van der Waals surface area contributed by atoms with Crippen LogP contribution in [0.2, 0.25) is 0 Å². The van der Waals surface area contributed by atoms with Gasteiger partial charge in [0.1, 0.15) is 6.17 Å². The Morgan fingerprint density at radius 1 is 0.879 bits per heavy atom. The predicted molar refractivity (Wildman–Crippen MR) is 125 cm³/mol. The van der Waals surface area contributed by atoms with Gasteiger partial charge in [0.2, 0.25) is 5.91 Å². The summed E-state index contributed by atoms with van der Waals surface area (Å²) in [4.78, 5) is 46.2. The van der Waals surface area contributed by atoms with Crippen LogP contribution in [0.1, 0.15) is 58.1 Å². The van der Waals surface area contributed by atoms with Crippen molar-refractivity contribution in [3.8, 4) is 0 Å². The maximum Gasteiger partial charge on any atom is 0.260 e. The number of unbranched alkanes of at least 4 members (excludes halogenated alkanes) is 2. The van der Waals surface area contributed by atoms with Crippen LogP contribution in [0.3, 0.4) is 0 Å². The number of nitrogens with one attached hydrogen (secondary N) is 1. The number of pyridine rings is 1. The summed E-state index contributed by atoms with van der Waals surface area (Å²) in [6, 6.07) is 18.4. The first-order valence-electron chi connectivity index (χ1n) is 11.2. The third-order valence-corrected chi connectivity index (χ3v) is 6.13. The van der Waals surface area contributed by atoms with Crippen molar-refractivity contribution in [1.29, 1.82) is 0 Å². The third-order valence-electron chi connectivity index (χ3n) is 6.13. The van der Waals surface area contributed by atoms with Crippen LogP contribution >= 0.6 is 0 Å². The van der Waals surface area contributed by atoms with Crippen LogP contribution < -0.4 is 10.2 Å². The lowest BCUT2D eigenvalue weighted by Gasteiger charge is -2.41. The molecular formula is C26H24N4O3. The summed E-state index contributed by atoms with van der Waals surface area (Å²) in [6.45, 7) is 0.514. The number of amides is 3. The van der Waals surface area contributed by atoms with Crippen LogP contribution in [-0.4, -0.2) is 34.2 Å². The van der Waals surface area contributed by atoms with Crippen molar-refractivity contribution in [2.45, 2.75) is 31.8 Å². The molecule has 1 N–H and O–H groups in total. The van der Waals surface area contributed by atoms with Gasteiger partial charge < -0.3 is 10.2 Å². The number of hydrogen-bond donors (Lipinski definition) is 1. The lowest BCUT2D eigenvalue weighted by atomic mass is 10.0. The number of para-hydroxylation sites is 1. The molecule has 0 radical (unpaired) electrons. The number of carbonyl (C=O) groups excluding carboxylic acids is 3. The third kappa shape index (κ3) is 3.86. The number of aromatic nitrogens is 1. The molecule has 2 aliphatic rings. The Hall–Kier alpha value is -4.00. The molecule has 1 aromatic heterocycles. The van der Waals surface area contributed by atoms with E-state index in [1.807, 2.05) is 42.5 Å². The zero-order valence-corrected chi connectivity index (χ0v) is 18.1. The zero-order valence-electron chi connectivity index (χ0n) is 18.1. The predicted octanol–water partition coefficient (Wildman–Crippen LogP) is 4.40. The average molecular weight is 441 g/mol. The van der Waals surface area contributed by atoms with Gasteiger partial charge in [-0.2, -0.15) is 0 Å². The first-order valence-corrected chi connectivity index (χ1v) is 11.2. The van der Waals surface area contributed by atoms with Crippen molar-refractivity contribution in [3.05, 3.63) is 89.7 Å². The van der Waals surface area contributed by atoms with Crippen LogP contribution in [0.25, 0.3) is 0 Å². The van der Waals surface area contributed by atoms with Crippen LogP contribution in [-0.2, 0) is 4.79 Å². The SMILES string of the molecule is O=C(CCCCCN1C(=O)c2ccccc2N2C(=O)c3ccccc3[C@@H]12)Nc1cccnc1. The van der Waals surface area contributed by atoms with Crippen molar-refractivity contribution in [2.24, 2.45) is 0 Å². The second kappa shape index (κ2) is 8.86. The molecule has 0 aliphatic carbocycles. The van der Waals surface area contributed by atoms with Crippen molar-refractivity contribution in [1.82, 2.24) is 9.88 Å². The molecule has 166 valence electrons. The maximum absolute atomic E-state index is 13.4. The molecule has 33 heavy (non-hydrogen) atoms. The normalized spacial score (nSPS) is 16.3. The fraction of sp³-hybridized carbons (Fsp3) is 0.231. The topological polar surface area (TPSA) is 82.6 Å². The summed E-state index contributed by atoms with van der Waals surface area (Å²) in [6.07, 6.45) is 5.52. The largest absolute Gasteiger partial charge is 0.325 e. The van der Waals surface area contributed by atoms with E-state index in [1.165, 1.54) is 0 Å². The van der Waals surface area contributed by atoms with Gasteiger partial charge in [-0.3, -0.25) is 24.3 Å². The Labute approximate surface area is 192 Å². The molecule has 0 saturated heterocycles. The first-order chi connectivity index (χ1) is 16.1. The molecule has 7 nitrogen and oxygen atoms in total. The van der Waals surface area contributed by atoms with Crippen LogP contribution in [0.4, 0.5) is 11.4 Å². The summed E-state index contributed by atoms with van der Waals surface area (Å²) in [5.41, 5.74) is 3.40. The minimum atomic E-state index is -0.426. The Morgan fingerprint density at radius 3 is 2.48 bits per heavy atom. The van der Waals surface area contributed by atoms with Crippen LogP contribution in [0.15, 0.2) is 73.1 Å². The lowest BCUT2D eigenvalue weighted by Crippen LogP contribution is -2.48. The minimum Gasteiger partial charge on any atom is -0.325 e. The molecule has 0 bridgehead atoms. The summed E-state index contributed by atoms with van der Waals surface area (Å²) in [7, 11) is 0. The van der Waals surface area contributed by atoms with E-state index in [4.69, 9.17) is 0 Å². The van der Waals surface area contributed by atoms with Gasteiger partial charge in [-0.25, -0.2) is 0 Å². The highest BCUT2D eigenvalue weighted by molar-refractivity contribution is 6.16. The number of carbonyl (C=O) groups is 3. The number of fused-ring (bicyclic) bond motifs is 5. The highest BCUT2D eigenvalue weighted by Crippen LogP contribution is 2.45. The van der Waals surface area contributed by atoms with Crippen molar-refractivity contribution < 1.29 is 14.4 Å². The van der Waals surface area contributed by atoms with Gasteiger partial charge in [-0.1, -0.05) is 36.8 Å². The summed E-state index contributed by atoms with van der Waals surface area (Å²) in [5.74, 6) is -0.189. The molecule has 0 saturated carbocycles. The summed E-state index contributed by atoms with van der Waals surface area (Å²) < 4.78 is 0. The second-order valence-corrected chi connectivity index (χ2v) is 8.25. The molecule has 7 heteroatoms. The second-order valence-electron chi connectivity index (χ2n) is 8.25. The van der Waals surface area contributed by atoms with Gasteiger partial charge in [0, 0.05) is 30.3 Å². The number of anilines is 2. The van der Waals surface area contributed by atoms with Crippen molar-refractivity contribution in [3.63, 3.8) is 0 Å². The molecule has 5 rings (SSSR count). The van der Waals surface area contributed by atoms with E-state index in [0.717, 1.165) is 18.4 Å². The quantitative estimate of drug-likeness (QED) is 0.552. The Bertz CT molecular complexity index is 1210. The Kier molecular flexibility index (Phi) is 5.60. The number of benzene rings is 2. The minimum absolute atomic E-state index is 0.0486. The van der Waals surface area contributed by atoms with Gasteiger partial charge in [-0.15, -0.1) is 0 Å². The van der Waals surface area contributed by atoms with Crippen LogP contribution in [0.5, 0.6) is 0 Å². The average Bonchev–Trinajstić information content (AvgIpc) is 3.14.